The van der Waals surface area contributed by atoms with E-state index in [1.807, 2.05) is 0 Å². The Balaban J connectivity index is 3.20. The largest absolute Gasteiger partial charge is 0.306 e. The monoisotopic (exact) mass is 217 g/mol. The summed E-state index contributed by atoms with van der Waals surface area (Å²) < 4.78 is 38.9. The Hall–Kier alpha value is -1.03. The third-order valence-corrected chi connectivity index (χ3v) is 2.72. The Kier molecular flexibility index (Phi) is 3.74. The highest BCUT2D eigenvalue weighted by Crippen LogP contribution is 2.31. The SMILES string of the molecule is CCC(NC)(c1cccc(F)c1)C(F)F. The van der Waals surface area contributed by atoms with E-state index in [1.54, 1.807) is 6.92 Å². The summed E-state index contributed by atoms with van der Waals surface area (Å²) in [5.74, 6) is -0.499. The number of hydrogen-bond acceptors (Lipinski definition) is 1. The molecular formula is C11H14F3N. The van der Waals surface area contributed by atoms with Crippen molar-refractivity contribution in [2.24, 2.45) is 0 Å². The molecule has 1 nitrogen and oxygen atoms in total. The fourth-order valence-corrected chi connectivity index (χ4v) is 1.68. The van der Waals surface area contributed by atoms with Gasteiger partial charge >= 0.3 is 0 Å². The maximum Gasteiger partial charge on any atom is 0.260 e. The Morgan fingerprint density at radius 1 is 1.40 bits per heavy atom. The third kappa shape index (κ3) is 2.15. The van der Waals surface area contributed by atoms with Crippen LogP contribution in [0.4, 0.5) is 13.2 Å². The Labute approximate surface area is 87.3 Å². The predicted molar refractivity (Wildman–Crippen MR) is 53.4 cm³/mol. The van der Waals surface area contributed by atoms with Gasteiger partial charge in [0.25, 0.3) is 6.43 Å². The van der Waals surface area contributed by atoms with E-state index in [9.17, 15) is 13.2 Å². The second-order valence-electron chi connectivity index (χ2n) is 3.39. The Morgan fingerprint density at radius 2 is 2.07 bits per heavy atom. The van der Waals surface area contributed by atoms with E-state index >= 15 is 0 Å². The van der Waals surface area contributed by atoms with Crippen molar-refractivity contribution in [3.8, 4) is 0 Å². The zero-order chi connectivity index (χ0) is 11.5. The van der Waals surface area contributed by atoms with E-state index in [2.05, 4.69) is 5.32 Å². The van der Waals surface area contributed by atoms with Crippen LogP contribution in [0.25, 0.3) is 0 Å². The normalized spacial score (nSPS) is 15.3. The molecule has 0 radical (unpaired) electrons. The second-order valence-corrected chi connectivity index (χ2v) is 3.39. The Bertz CT molecular complexity index is 321. The van der Waals surface area contributed by atoms with Gasteiger partial charge in [0.05, 0.1) is 0 Å². The molecule has 4 heteroatoms. The lowest BCUT2D eigenvalue weighted by atomic mass is 9.87. The molecule has 0 saturated carbocycles. The van der Waals surface area contributed by atoms with Crippen molar-refractivity contribution in [1.82, 2.24) is 5.32 Å². The standard InChI is InChI=1S/C11H14F3N/c1-3-11(15-2,10(13)14)8-5-4-6-9(12)7-8/h4-7,10,15H,3H2,1-2H3. The molecule has 1 unspecified atom stereocenters. The highest BCUT2D eigenvalue weighted by atomic mass is 19.3. The van der Waals surface area contributed by atoms with Gasteiger partial charge in [-0.25, -0.2) is 13.2 Å². The topological polar surface area (TPSA) is 12.0 Å². The summed E-state index contributed by atoms with van der Waals surface area (Å²) in [6.45, 7) is 1.65. The van der Waals surface area contributed by atoms with Crippen molar-refractivity contribution < 1.29 is 13.2 Å². The summed E-state index contributed by atoms with van der Waals surface area (Å²) in [5.41, 5.74) is -1.18. The van der Waals surface area contributed by atoms with Crippen molar-refractivity contribution in [3.63, 3.8) is 0 Å². The molecule has 1 atom stereocenters. The van der Waals surface area contributed by atoms with Gasteiger partial charge in [-0.15, -0.1) is 0 Å². The van der Waals surface area contributed by atoms with Crippen LogP contribution in [0.5, 0.6) is 0 Å². The highest BCUT2D eigenvalue weighted by molar-refractivity contribution is 5.26. The molecule has 0 aliphatic heterocycles. The van der Waals surface area contributed by atoms with E-state index in [0.29, 0.717) is 0 Å². The lowest BCUT2D eigenvalue weighted by Gasteiger charge is -2.32. The van der Waals surface area contributed by atoms with Crippen LogP contribution in [0.15, 0.2) is 24.3 Å². The maximum absolute atomic E-state index is 13.0. The first kappa shape index (κ1) is 12.0. The average molecular weight is 217 g/mol. The van der Waals surface area contributed by atoms with Gasteiger partial charge in [0, 0.05) is 0 Å². The van der Waals surface area contributed by atoms with Gasteiger partial charge in [0.15, 0.2) is 0 Å². The molecular weight excluding hydrogens is 203 g/mol. The fraction of sp³-hybridized carbons (Fsp3) is 0.455. The minimum Gasteiger partial charge on any atom is -0.306 e. The van der Waals surface area contributed by atoms with Crippen LogP contribution in [0, 0.1) is 5.82 Å². The zero-order valence-electron chi connectivity index (χ0n) is 8.73. The minimum atomic E-state index is -2.57. The first-order chi connectivity index (χ1) is 7.06. The molecule has 1 aromatic rings. The highest BCUT2D eigenvalue weighted by Gasteiger charge is 2.38. The molecule has 15 heavy (non-hydrogen) atoms. The summed E-state index contributed by atoms with van der Waals surface area (Å²) in [4.78, 5) is 0. The smallest absolute Gasteiger partial charge is 0.260 e. The van der Waals surface area contributed by atoms with Crippen LogP contribution in [-0.4, -0.2) is 13.5 Å². The van der Waals surface area contributed by atoms with Gasteiger partial charge in [-0.1, -0.05) is 19.1 Å². The number of halogens is 3. The molecule has 0 aliphatic carbocycles. The van der Waals surface area contributed by atoms with Crippen LogP contribution in [-0.2, 0) is 5.54 Å². The van der Waals surface area contributed by atoms with Gasteiger partial charge < -0.3 is 5.32 Å². The number of alkyl halides is 2. The van der Waals surface area contributed by atoms with E-state index in [1.165, 1.54) is 25.2 Å². The maximum atomic E-state index is 13.0. The number of hydrogen-bond donors (Lipinski definition) is 1. The van der Waals surface area contributed by atoms with E-state index in [-0.39, 0.29) is 12.0 Å². The van der Waals surface area contributed by atoms with Crippen LogP contribution < -0.4 is 5.32 Å². The van der Waals surface area contributed by atoms with E-state index in [4.69, 9.17) is 0 Å². The van der Waals surface area contributed by atoms with Crippen LogP contribution in [0.3, 0.4) is 0 Å². The van der Waals surface area contributed by atoms with Gasteiger partial charge in [0.1, 0.15) is 11.4 Å². The molecule has 0 aromatic heterocycles. The third-order valence-electron chi connectivity index (χ3n) is 2.72. The first-order valence-corrected chi connectivity index (χ1v) is 4.80. The lowest BCUT2D eigenvalue weighted by molar-refractivity contribution is 0.0290. The first-order valence-electron chi connectivity index (χ1n) is 4.80. The van der Waals surface area contributed by atoms with Crippen LogP contribution in [0.2, 0.25) is 0 Å². The molecule has 1 rings (SSSR count). The van der Waals surface area contributed by atoms with Crippen molar-refractivity contribution in [2.45, 2.75) is 25.3 Å². The van der Waals surface area contributed by atoms with Crippen molar-refractivity contribution in [2.75, 3.05) is 7.05 Å². The van der Waals surface area contributed by atoms with Crippen molar-refractivity contribution >= 4 is 0 Å². The van der Waals surface area contributed by atoms with Crippen molar-refractivity contribution in [1.29, 1.82) is 0 Å². The molecule has 0 amide bonds. The summed E-state index contributed by atoms with van der Waals surface area (Å²) in [6, 6.07) is 5.33. The van der Waals surface area contributed by atoms with Crippen LogP contribution in [0.1, 0.15) is 18.9 Å². The molecule has 0 aliphatic rings. The Morgan fingerprint density at radius 3 is 2.47 bits per heavy atom. The second kappa shape index (κ2) is 4.66. The summed E-state index contributed by atoms with van der Waals surface area (Å²) in [5, 5.41) is 2.59. The van der Waals surface area contributed by atoms with Crippen LogP contribution >= 0.6 is 0 Å². The molecule has 1 aromatic carbocycles. The lowest BCUT2D eigenvalue weighted by Crippen LogP contribution is -2.46. The molecule has 0 saturated heterocycles. The van der Waals surface area contributed by atoms with E-state index < -0.39 is 17.8 Å². The number of rotatable bonds is 4. The van der Waals surface area contributed by atoms with Gasteiger partial charge in [-0.2, -0.15) is 0 Å². The quantitative estimate of drug-likeness (QED) is 0.817. The fourth-order valence-electron chi connectivity index (χ4n) is 1.68. The van der Waals surface area contributed by atoms with Crippen molar-refractivity contribution in [3.05, 3.63) is 35.6 Å². The van der Waals surface area contributed by atoms with E-state index in [0.717, 1.165) is 6.07 Å². The van der Waals surface area contributed by atoms with Gasteiger partial charge in [-0.3, -0.25) is 0 Å². The molecule has 0 bridgehead atoms. The summed E-state index contributed by atoms with van der Waals surface area (Å²) in [6.07, 6.45) is -2.38. The van der Waals surface area contributed by atoms with Gasteiger partial charge in [-0.05, 0) is 31.2 Å². The molecule has 0 fully saturated rings. The zero-order valence-corrected chi connectivity index (χ0v) is 8.73. The minimum absolute atomic E-state index is 0.199. The molecule has 1 N–H and O–H groups in total. The molecule has 0 spiro atoms. The summed E-state index contributed by atoms with van der Waals surface area (Å²) in [7, 11) is 1.46. The number of benzene rings is 1. The number of nitrogens with one attached hydrogen (secondary N) is 1. The molecule has 0 heterocycles. The molecule has 84 valence electrons. The average Bonchev–Trinajstić information content (AvgIpc) is 2.20. The summed E-state index contributed by atoms with van der Waals surface area (Å²) >= 11 is 0. The van der Waals surface area contributed by atoms with Gasteiger partial charge in [0.2, 0.25) is 0 Å². The predicted octanol–water partition coefficient (Wildman–Crippen LogP) is 2.92.